The van der Waals surface area contributed by atoms with Crippen LogP contribution in [0, 0.1) is 11.6 Å². The van der Waals surface area contributed by atoms with Crippen LogP contribution >= 0.6 is 0 Å². The summed E-state index contributed by atoms with van der Waals surface area (Å²) in [6, 6.07) is 3.43. The number of rotatable bonds is 2. The van der Waals surface area contributed by atoms with Gasteiger partial charge < -0.3 is 5.73 Å². The van der Waals surface area contributed by atoms with Crippen LogP contribution in [0.1, 0.15) is 25.3 Å². The van der Waals surface area contributed by atoms with E-state index in [0.717, 1.165) is 11.6 Å². The van der Waals surface area contributed by atoms with Crippen LogP contribution in [-0.4, -0.2) is 10.2 Å². The maximum atomic E-state index is 13.7. The molecule has 0 fully saturated rings. The van der Waals surface area contributed by atoms with Gasteiger partial charge in [-0.15, -0.1) is 0 Å². The molecule has 0 aliphatic carbocycles. The number of halogens is 2. The smallest absolute Gasteiger partial charge is 0.149 e. The monoisotopic (exact) mass is 237 g/mol. The van der Waals surface area contributed by atoms with Crippen molar-refractivity contribution in [3.8, 4) is 11.3 Å². The molecule has 0 bridgehead atoms. The fraction of sp³-hybridized carbons (Fsp3) is 0.250. The highest BCUT2D eigenvalue weighted by Gasteiger charge is 2.18. The zero-order valence-electron chi connectivity index (χ0n) is 9.59. The molecule has 2 aromatic rings. The lowest BCUT2D eigenvalue weighted by molar-refractivity contribution is 0.585. The van der Waals surface area contributed by atoms with Gasteiger partial charge in [0.25, 0.3) is 0 Å². The number of nitrogens with one attached hydrogen (secondary N) is 1. The number of nitrogens with zero attached hydrogens (tertiary/aromatic N) is 1. The molecule has 90 valence electrons. The molecule has 1 heterocycles. The molecule has 0 saturated heterocycles. The van der Waals surface area contributed by atoms with Gasteiger partial charge in [0.1, 0.15) is 17.5 Å². The summed E-state index contributed by atoms with van der Waals surface area (Å²) in [6.07, 6.45) is 0. The first-order chi connectivity index (χ1) is 8.00. The molecular weight excluding hydrogens is 224 g/mol. The molecule has 0 saturated carbocycles. The van der Waals surface area contributed by atoms with Crippen molar-refractivity contribution in [1.82, 2.24) is 10.2 Å². The molecule has 0 unspecified atom stereocenters. The van der Waals surface area contributed by atoms with Crippen molar-refractivity contribution >= 4 is 5.82 Å². The molecule has 3 nitrogen and oxygen atoms in total. The second-order valence-electron chi connectivity index (χ2n) is 4.18. The summed E-state index contributed by atoms with van der Waals surface area (Å²) in [5.74, 6) is -0.785. The van der Waals surface area contributed by atoms with Gasteiger partial charge in [-0.05, 0) is 18.1 Å². The molecule has 17 heavy (non-hydrogen) atoms. The van der Waals surface area contributed by atoms with Gasteiger partial charge in [-0.2, -0.15) is 5.10 Å². The van der Waals surface area contributed by atoms with Crippen LogP contribution in [-0.2, 0) is 0 Å². The Morgan fingerprint density at radius 3 is 2.59 bits per heavy atom. The van der Waals surface area contributed by atoms with Crippen molar-refractivity contribution < 1.29 is 8.78 Å². The number of anilines is 1. The summed E-state index contributed by atoms with van der Waals surface area (Å²) < 4.78 is 26.5. The first-order valence-corrected chi connectivity index (χ1v) is 5.30. The predicted octanol–water partition coefficient (Wildman–Crippen LogP) is 3.06. The molecule has 0 aliphatic heterocycles. The quantitative estimate of drug-likeness (QED) is 0.843. The van der Waals surface area contributed by atoms with Crippen molar-refractivity contribution in [2.75, 3.05) is 5.73 Å². The molecule has 1 aromatic carbocycles. The van der Waals surface area contributed by atoms with Crippen LogP contribution in [0.25, 0.3) is 11.3 Å². The molecule has 0 radical (unpaired) electrons. The van der Waals surface area contributed by atoms with Gasteiger partial charge in [-0.3, -0.25) is 5.10 Å². The Balaban J connectivity index is 2.61. The highest BCUT2D eigenvalue weighted by Crippen LogP contribution is 2.32. The molecule has 0 spiro atoms. The lowest BCUT2D eigenvalue weighted by Gasteiger charge is -2.08. The van der Waals surface area contributed by atoms with Crippen LogP contribution in [0.4, 0.5) is 14.6 Å². The predicted molar refractivity (Wildman–Crippen MR) is 62.4 cm³/mol. The van der Waals surface area contributed by atoms with Gasteiger partial charge in [0, 0.05) is 17.2 Å². The van der Waals surface area contributed by atoms with E-state index in [4.69, 9.17) is 5.73 Å². The Hall–Kier alpha value is -1.91. The number of aromatic amines is 1. The van der Waals surface area contributed by atoms with Gasteiger partial charge in [-0.1, -0.05) is 13.8 Å². The van der Waals surface area contributed by atoms with E-state index in [1.165, 1.54) is 12.1 Å². The number of H-pyrrole nitrogens is 1. The molecule has 0 atom stereocenters. The maximum absolute atomic E-state index is 13.7. The zero-order chi connectivity index (χ0) is 12.6. The van der Waals surface area contributed by atoms with E-state index in [1.54, 1.807) is 0 Å². The Labute approximate surface area is 97.7 Å². The second-order valence-corrected chi connectivity index (χ2v) is 4.18. The van der Waals surface area contributed by atoms with Gasteiger partial charge in [0.15, 0.2) is 0 Å². The summed E-state index contributed by atoms with van der Waals surface area (Å²) in [6.45, 7) is 3.87. The van der Waals surface area contributed by atoms with E-state index in [-0.39, 0.29) is 11.5 Å². The van der Waals surface area contributed by atoms with Crippen molar-refractivity contribution in [3.63, 3.8) is 0 Å². The van der Waals surface area contributed by atoms with Crippen LogP contribution in [0.5, 0.6) is 0 Å². The van der Waals surface area contributed by atoms with Crippen LogP contribution < -0.4 is 5.73 Å². The van der Waals surface area contributed by atoms with E-state index in [0.29, 0.717) is 11.5 Å². The summed E-state index contributed by atoms with van der Waals surface area (Å²) in [5.41, 5.74) is 7.25. The Morgan fingerprint density at radius 1 is 1.29 bits per heavy atom. The lowest BCUT2D eigenvalue weighted by atomic mass is 9.98. The highest BCUT2D eigenvalue weighted by atomic mass is 19.1. The van der Waals surface area contributed by atoms with Gasteiger partial charge >= 0.3 is 0 Å². The first kappa shape index (κ1) is 11.6. The van der Waals surface area contributed by atoms with E-state index < -0.39 is 11.6 Å². The molecule has 0 amide bonds. The number of nitrogen functional groups attached to an aromatic ring is 1. The average molecular weight is 237 g/mol. The minimum absolute atomic E-state index is 0.105. The third kappa shape index (κ3) is 2.00. The third-order valence-corrected chi connectivity index (χ3v) is 2.61. The van der Waals surface area contributed by atoms with Crippen molar-refractivity contribution in [2.24, 2.45) is 0 Å². The summed E-state index contributed by atoms with van der Waals surface area (Å²) in [5, 5.41) is 6.56. The number of nitrogens with two attached hydrogens (primary N) is 1. The normalized spacial score (nSPS) is 11.1. The second kappa shape index (κ2) is 4.16. The molecule has 2 rings (SSSR count). The average Bonchev–Trinajstić information content (AvgIpc) is 2.60. The summed E-state index contributed by atoms with van der Waals surface area (Å²) >= 11 is 0. The number of aromatic nitrogens is 2. The van der Waals surface area contributed by atoms with Crippen molar-refractivity contribution in [1.29, 1.82) is 0 Å². The minimum Gasteiger partial charge on any atom is -0.382 e. The van der Waals surface area contributed by atoms with Crippen molar-refractivity contribution in [2.45, 2.75) is 19.8 Å². The number of benzene rings is 1. The zero-order valence-corrected chi connectivity index (χ0v) is 9.59. The number of hydrogen-bond acceptors (Lipinski definition) is 2. The lowest BCUT2D eigenvalue weighted by Crippen LogP contribution is -1.96. The fourth-order valence-electron chi connectivity index (χ4n) is 1.85. The van der Waals surface area contributed by atoms with E-state index >= 15 is 0 Å². The first-order valence-electron chi connectivity index (χ1n) is 5.30. The highest BCUT2D eigenvalue weighted by molar-refractivity contribution is 5.69. The Kier molecular flexibility index (Phi) is 2.83. The Bertz CT molecular complexity index is 547. The molecular formula is C12H13F2N3. The standard InChI is InChI=1S/C12H13F2N3/c1-6(2)10-11(16-17-12(10)15)8-4-3-7(13)5-9(8)14/h3-6H,1-2H3,(H3,15,16,17). The minimum atomic E-state index is -0.629. The van der Waals surface area contributed by atoms with E-state index in [2.05, 4.69) is 10.2 Å². The molecule has 1 aromatic heterocycles. The topological polar surface area (TPSA) is 54.7 Å². The van der Waals surface area contributed by atoms with Gasteiger partial charge in [0.2, 0.25) is 0 Å². The molecule has 0 aliphatic rings. The van der Waals surface area contributed by atoms with Gasteiger partial charge in [0.05, 0.1) is 5.69 Å². The van der Waals surface area contributed by atoms with Crippen LogP contribution in [0.2, 0.25) is 0 Å². The summed E-state index contributed by atoms with van der Waals surface area (Å²) in [4.78, 5) is 0. The van der Waals surface area contributed by atoms with Crippen LogP contribution in [0.3, 0.4) is 0 Å². The SMILES string of the molecule is CC(C)c1c(N)n[nH]c1-c1ccc(F)cc1F. The van der Waals surface area contributed by atoms with E-state index in [1.807, 2.05) is 13.8 Å². The maximum Gasteiger partial charge on any atom is 0.149 e. The largest absolute Gasteiger partial charge is 0.382 e. The summed E-state index contributed by atoms with van der Waals surface area (Å²) in [7, 11) is 0. The fourth-order valence-corrected chi connectivity index (χ4v) is 1.85. The molecule has 3 N–H and O–H groups in total. The number of hydrogen-bond donors (Lipinski definition) is 2. The van der Waals surface area contributed by atoms with Gasteiger partial charge in [-0.25, -0.2) is 8.78 Å². The Morgan fingerprint density at radius 2 is 2.00 bits per heavy atom. The third-order valence-electron chi connectivity index (χ3n) is 2.61. The van der Waals surface area contributed by atoms with Crippen LogP contribution in [0.15, 0.2) is 18.2 Å². The molecule has 5 heteroatoms. The van der Waals surface area contributed by atoms with E-state index in [9.17, 15) is 8.78 Å². The van der Waals surface area contributed by atoms with Crippen molar-refractivity contribution in [3.05, 3.63) is 35.4 Å².